The fourth-order valence-corrected chi connectivity index (χ4v) is 3.46. The number of benzene rings is 2. The minimum absolute atomic E-state index is 0.0505. The maximum absolute atomic E-state index is 12.5. The average molecular weight is 446 g/mol. The first-order valence-corrected chi connectivity index (χ1v) is 9.55. The number of alkyl halides is 3. The maximum Gasteiger partial charge on any atom is 0.573 e. The second-order valence-corrected chi connectivity index (χ2v) is 8.23. The van der Waals surface area contributed by atoms with Crippen molar-refractivity contribution in [3.8, 4) is 22.9 Å². The first kappa shape index (κ1) is 22.9. The summed E-state index contributed by atoms with van der Waals surface area (Å²) in [4.78, 5) is 17.4. The largest absolute Gasteiger partial charge is 0.573 e. The number of rotatable bonds is 4. The van der Waals surface area contributed by atoms with Crippen LogP contribution in [-0.4, -0.2) is 37.6 Å². The van der Waals surface area contributed by atoms with Crippen LogP contribution in [0.25, 0.3) is 22.2 Å². The number of halogens is 3. The summed E-state index contributed by atoms with van der Waals surface area (Å²) in [6, 6.07) is 9.10. The Bertz CT molecular complexity index is 1200. The summed E-state index contributed by atoms with van der Waals surface area (Å²) < 4.78 is 43.0. The Morgan fingerprint density at radius 2 is 1.88 bits per heavy atom. The van der Waals surface area contributed by atoms with Crippen LogP contribution in [0.5, 0.6) is 5.75 Å². The van der Waals surface area contributed by atoms with Gasteiger partial charge in [-0.2, -0.15) is 5.26 Å². The molecule has 0 fully saturated rings. The quantitative estimate of drug-likeness (QED) is 0.588. The molecule has 1 heterocycles. The smallest absolute Gasteiger partial charge is 0.465 e. The first-order valence-electron chi connectivity index (χ1n) is 9.55. The van der Waals surface area contributed by atoms with Gasteiger partial charge in [0.1, 0.15) is 11.8 Å². The second kappa shape index (κ2) is 8.07. The number of carbonyl (C=O) groups is 1. The maximum atomic E-state index is 12.5. The summed E-state index contributed by atoms with van der Waals surface area (Å²) in [5.41, 5.74) is 2.13. The van der Waals surface area contributed by atoms with E-state index >= 15 is 0 Å². The molecule has 3 rings (SSSR count). The van der Waals surface area contributed by atoms with Gasteiger partial charge in [0.25, 0.3) is 0 Å². The fraction of sp³-hybridized carbons (Fsp3) is 0.318. The van der Waals surface area contributed by atoms with Gasteiger partial charge < -0.3 is 14.4 Å². The highest BCUT2D eigenvalue weighted by molar-refractivity contribution is 5.96. The highest BCUT2D eigenvalue weighted by atomic mass is 19.4. The van der Waals surface area contributed by atoms with E-state index in [2.05, 4.69) is 15.8 Å². The minimum atomic E-state index is -4.80. The van der Waals surface area contributed by atoms with E-state index in [0.29, 0.717) is 27.7 Å². The summed E-state index contributed by atoms with van der Waals surface area (Å²) >= 11 is 0. The van der Waals surface area contributed by atoms with Gasteiger partial charge in [-0.05, 0) is 50.1 Å². The number of hydrogen-bond donors (Lipinski definition) is 1. The highest BCUT2D eigenvalue weighted by Crippen LogP contribution is 2.35. The van der Waals surface area contributed by atoms with E-state index in [-0.39, 0.29) is 17.9 Å². The number of imidazole rings is 1. The molecule has 0 saturated carbocycles. The lowest BCUT2D eigenvalue weighted by molar-refractivity contribution is -0.274. The SMILES string of the molecule is Cn1cnc2c(-c3ccc(OC(F)(F)F)cc3)cc(CN(C(=O)O)C(C)(C)C)c(C#N)c21. The summed E-state index contributed by atoms with van der Waals surface area (Å²) in [6.45, 7) is 5.19. The molecule has 0 spiro atoms. The predicted molar refractivity (Wildman–Crippen MR) is 111 cm³/mol. The van der Waals surface area contributed by atoms with Crippen LogP contribution < -0.4 is 4.74 Å². The Labute approximate surface area is 182 Å². The van der Waals surface area contributed by atoms with E-state index in [1.54, 1.807) is 38.5 Å². The molecule has 0 bridgehead atoms. The summed E-state index contributed by atoms with van der Waals surface area (Å²) in [6.07, 6.45) is -4.41. The molecule has 1 aromatic heterocycles. The molecule has 3 aromatic rings. The molecule has 0 radical (unpaired) electrons. The normalized spacial score (nSPS) is 11.9. The molecule has 0 unspecified atom stereocenters. The van der Waals surface area contributed by atoms with Gasteiger partial charge in [-0.15, -0.1) is 13.2 Å². The second-order valence-electron chi connectivity index (χ2n) is 8.23. The third-order valence-electron chi connectivity index (χ3n) is 4.95. The molecular weight excluding hydrogens is 425 g/mol. The van der Waals surface area contributed by atoms with Crippen molar-refractivity contribution in [2.75, 3.05) is 0 Å². The summed E-state index contributed by atoms with van der Waals surface area (Å²) in [5, 5.41) is 19.5. The number of aromatic nitrogens is 2. The number of hydrogen-bond acceptors (Lipinski definition) is 4. The number of ether oxygens (including phenoxy) is 1. The van der Waals surface area contributed by atoms with E-state index < -0.39 is 18.0 Å². The molecule has 2 aromatic carbocycles. The van der Waals surface area contributed by atoms with Gasteiger partial charge in [0.05, 0.1) is 29.5 Å². The van der Waals surface area contributed by atoms with Crippen LogP contribution >= 0.6 is 0 Å². The highest BCUT2D eigenvalue weighted by Gasteiger charge is 2.31. The molecule has 168 valence electrons. The van der Waals surface area contributed by atoms with Crippen LogP contribution in [0.3, 0.4) is 0 Å². The third-order valence-corrected chi connectivity index (χ3v) is 4.95. The molecule has 0 aliphatic rings. The van der Waals surface area contributed by atoms with Crippen LogP contribution in [0.1, 0.15) is 31.9 Å². The monoisotopic (exact) mass is 446 g/mol. The molecule has 1 N–H and O–H groups in total. The molecule has 1 amide bonds. The van der Waals surface area contributed by atoms with Crippen molar-refractivity contribution in [2.24, 2.45) is 7.05 Å². The van der Waals surface area contributed by atoms with Crippen molar-refractivity contribution in [1.29, 1.82) is 5.26 Å². The Balaban J connectivity index is 2.18. The first-order chi connectivity index (χ1) is 14.8. The summed E-state index contributed by atoms with van der Waals surface area (Å²) in [7, 11) is 1.71. The number of amides is 1. The molecule has 0 aliphatic carbocycles. The zero-order chi connectivity index (χ0) is 23.8. The molecule has 0 saturated heterocycles. The average Bonchev–Trinajstić information content (AvgIpc) is 3.05. The number of fused-ring (bicyclic) bond motifs is 1. The third kappa shape index (κ3) is 4.61. The number of nitrogens with zero attached hydrogens (tertiary/aromatic N) is 4. The minimum Gasteiger partial charge on any atom is -0.465 e. The lowest BCUT2D eigenvalue weighted by atomic mass is 9.95. The molecule has 7 nitrogen and oxygen atoms in total. The van der Waals surface area contributed by atoms with Gasteiger partial charge >= 0.3 is 12.5 Å². The van der Waals surface area contributed by atoms with Gasteiger partial charge in [0, 0.05) is 18.2 Å². The van der Waals surface area contributed by atoms with Crippen molar-refractivity contribution >= 4 is 17.1 Å². The van der Waals surface area contributed by atoms with E-state index in [9.17, 15) is 28.3 Å². The van der Waals surface area contributed by atoms with Crippen LogP contribution in [-0.2, 0) is 13.6 Å². The van der Waals surface area contributed by atoms with Gasteiger partial charge in [-0.3, -0.25) is 4.90 Å². The zero-order valence-corrected chi connectivity index (χ0v) is 17.9. The van der Waals surface area contributed by atoms with Crippen molar-refractivity contribution < 1.29 is 27.8 Å². The lowest BCUT2D eigenvalue weighted by Crippen LogP contribution is -2.44. The molecular formula is C22H21F3N4O3. The standard InChI is InChI=1S/C22H21F3N4O3/c1-21(2,3)29(20(30)31)11-14-9-16(18-19(17(14)10-26)28(4)12-27-18)13-5-7-15(8-6-13)32-22(23,24)25/h5-9,12H,11H2,1-4H3,(H,30,31). The van der Waals surface area contributed by atoms with Gasteiger partial charge in [0.15, 0.2) is 0 Å². The van der Waals surface area contributed by atoms with E-state index in [1.807, 2.05) is 0 Å². The fourth-order valence-electron chi connectivity index (χ4n) is 3.46. The van der Waals surface area contributed by atoms with Crippen LogP contribution in [0.2, 0.25) is 0 Å². The van der Waals surface area contributed by atoms with E-state index in [1.165, 1.54) is 35.5 Å². The number of aryl methyl sites for hydroxylation is 1. The molecule has 0 aliphatic heterocycles. The van der Waals surface area contributed by atoms with Crippen LogP contribution in [0, 0.1) is 11.3 Å². The van der Waals surface area contributed by atoms with Crippen molar-refractivity contribution in [2.45, 2.75) is 39.2 Å². The van der Waals surface area contributed by atoms with Crippen molar-refractivity contribution in [3.63, 3.8) is 0 Å². The van der Waals surface area contributed by atoms with Gasteiger partial charge in [-0.1, -0.05) is 12.1 Å². The number of nitriles is 1. The van der Waals surface area contributed by atoms with Crippen molar-refractivity contribution in [1.82, 2.24) is 14.5 Å². The topological polar surface area (TPSA) is 91.4 Å². The summed E-state index contributed by atoms with van der Waals surface area (Å²) in [5.74, 6) is -0.364. The van der Waals surface area contributed by atoms with Crippen LogP contribution in [0.15, 0.2) is 36.7 Å². The van der Waals surface area contributed by atoms with E-state index in [4.69, 9.17) is 0 Å². The van der Waals surface area contributed by atoms with E-state index in [0.717, 1.165) is 0 Å². The Kier molecular flexibility index (Phi) is 5.78. The van der Waals surface area contributed by atoms with Gasteiger partial charge in [-0.25, -0.2) is 9.78 Å². The molecule has 0 atom stereocenters. The molecule has 32 heavy (non-hydrogen) atoms. The predicted octanol–water partition coefficient (Wildman–Crippen LogP) is 5.29. The number of carboxylic acid groups (broad SMARTS) is 1. The lowest BCUT2D eigenvalue weighted by Gasteiger charge is -2.33. The van der Waals surface area contributed by atoms with Gasteiger partial charge in [0.2, 0.25) is 0 Å². The molecule has 10 heteroatoms. The van der Waals surface area contributed by atoms with Crippen LogP contribution in [0.4, 0.5) is 18.0 Å². The Hall–Kier alpha value is -3.74. The Morgan fingerprint density at radius 1 is 1.25 bits per heavy atom. The van der Waals surface area contributed by atoms with Crippen molar-refractivity contribution in [3.05, 3.63) is 47.8 Å². The zero-order valence-electron chi connectivity index (χ0n) is 17.9. The Morgan fingerprint density at radius 3 is 2.38 bits per heavy atom.